The van der Waals surface area contributed by atoms with Crippen LogP contribution < -0.4 is 10.2 Å². The zero-order valence-electron chi connectivity index (χ0n) is 14.3. The van der Waals surface area contributed by atoms with Crippen molar-refractivity contribution < 1.29 is 14.4 Å². The number of amides is 2. The van der Waals surface area contributed by atoms with Crippen LogP contribution in [0.3, 0.4) is 0 Å². The van der Waals surface area contributed by atoms with Crippen molar-refractivity contribution in [3.8, 4) is 0 Å². The summed E-state index contributed by atoms with van der Waals surface area (Å²) in [7, 11) is 1.78. The normalized spacial score (nSPS) is 13.4. The molecule has 1 aliphatic rings. The Morgan fingerprint density at radius 2 is 1.80 bits per heavy atom. The average Bonchev–Trinajstić information content (AvgIpc) is 2.58. The van der Waals surface area contributed by atoms with Gasteiger partial charge in [-0.3, -0.25) is 14.4 Å². The first-order valence-corrected chi connectivity index (χ1v) is 8.23. The standard InChI is InChI=1S/C20H20N2O3/c1-13(23)15-4-7-17(8-5-15)21-19(24)12-14-3-9-18-16(11-14)6-10-20(25)22(18)2/h3-5,7-9,11H,6,10,12H2,1-2H3,(H,21,24). The van der Waals surface area contributed by atoms with Crippen LogP contribution in [0.5, 0.6) is 0 Å². The van der Waals surface area contributed by atoms with E-state index in [1.54, 1.807) is 36.2 Å². The van der Waals surface area contributed by atoms with Crippen molar-refractivity contribution in [3.63, 3.8) is 0 Å². The van der Waals surface area contributed by atoms with Gasteiger partial charge in [-0.15, -0.1) is 0 Å². The molecule has 0 saturated carbocycles. The Bertz CT molecular complexity index is 841. The number of fused-ring (bicyclic) bond motifs is 1. The van der Waals surface area contributed by atoms with Crippen molar-refractivity contribution in [1.29, 1.82) is 0 Å². The number of rotatable bonds is 4. The lowest BCUT2D eigenvalue weighted by atomic mass is 9.98. The summed E-state index contributed by atoms with van der Waals surface area (Å²) in [5.41, 5.74) is 4.21. The predicted octanol–water partition coefficient (Wildman–Crippen LogP) is 2.98. The second-order valence-electron chi connectivity index (χ2n) is 6.27. The van der Waals surface area contributed by atoms with Gasteiger partial charge >= 0.3 is 0 Å². The minimum Gasteiger partial charge on any atom is -0.326 e. The van der Waals surface area contributed by atoms with Gasteiger partial charge in [-0.05, 0) is 54.8 Å². The van der Waals surface area contributed by atoms with Gasteiger partial charge in [-0.25, -0.2) is 0 Å². The molecule has 2 aromatic rings. The lowest BCUT2D eigenvalue weighted by Gasteiger charge is -2.26. The molecule has 0 bridgehead atoms. The molecule has 0 saturated heterocycles. The molecule has 1 N–H and O–H groups in total. The minimum atomic E-state index is -0.115. The first kappa shape index (κ1) is 16.9. The zero-order chi connectivity index (χ0) is 18.0. The van der Waals surface area contributed by atoms with E-state index in [1.807, 2.05) is 18.2 Å². The van der Waals surface area contributed by atoms with Crippen LogP contribution in [-0.4, -0.2) is 24.6 Å². The van der Waals surface area contributed by atoms with E-state index in [9.17, 15) is 14.4 Å². The molecule has 0 aromatic heterocycles. The molecule has 5 heteroatoms. The molecule has 2 aromatic carbocycles. The Morgan fingerprint density at radius 3 is 2.48 bits per heavy atom. The van der Waals surface area contributed by atoms with Gasteiger partial charge in [0.25, 0.3) is 0 Å². The van der Waals surface area contributed by atoms with E-state index < -0.39 is 0 Å². The van der Waals surface area contributed by atoms with Gasteiger partial charge in [0.2, 0.25) is 11.8 Å². The maximum atomic E-state index is 12.2. The summed E-state index contributed by atoms with van der Waals surface area (Å²) in [6.45, 7) is 1.51. The molecule has 5 nitrogen and oxygen atoms in total. The third kappa shape index (κ3) is 3.76. The molecule has 0 unspecified atom stereocenters. The Morgan fingerprint density at radius 1 is 1.08 bits per heavy atom. The number of anilines is 2. The summed E-state index contributed by atoms with van der Waals surface area (Å²) in [6.07, 6.45) is 1.47. The van der Waals surface area contributed by atoms with Gasteiger partial charge < -0.3 is 10.2 Å². The highest BCUT2D eigenvalue weighted by atomic mass is 16.2. The summed E-state index contributed by atoms with van der Waals surface area (Å²) in [6, 6.07) is 12.6. The molecule has 3 rings (SSSR count). The van der Waals surface area contributed by atoms with E-state index in [-0.39, 0.29) is 24.0 Å². The van der Waals surface area contributed by atoms with E-state index in [1.165, 1.54) is 6.92 Å². The van der Waals surface area contributed by atoms with Crippen LogP contribution in [0.2, 0.25) is 0 Å². The van der Waals surface area contributed by atoms with E-state index in [2.05, 4.69) is 5.32 Å². The number of hydrogen-bond donors (Lipinski definition) is 1. The highest BCUT2D eigenvalue weighted by molar-refractivity contribution is 5.97. The molecule has 1 heterocycles. The second-order valence-corrected chi connectivity index (χ2v) is 6.27. The van der Waals surface area contributed by atoms with Crippen molar-refractivity contribution in [2.75, 3.05) is 17.3 Å². The van der Waals surface area contributed by atoms with Gasteiger partial charge in [0.1, 0.15) is 0 Å². The van der Waals surface area contributed by atoms with Crippen molar-refractivity contribution in [2.45, 2.75) is 26.2 Å². The molecule has 128 valence electrons. The van der Waals surface area contributed by atoms with Crippen molar-refractivity contribution in [2.24, 2.45) is 0 Å². The van der Waals surface area contributed by atoms with Gasteiger partial charge in [0.05, 0.1) is 6.42 Å². The average molecular weight is 336 g/mol. The molecule has 1 aliphatic heterocycles. The first-order valence-electron chi connectivity index (χ1n) is 8.23. The lowest BCUT2D eigenvalue weighted by Crippen LogP contribution is -2.31. The first-order chi connectivity index (χ1) is 11.9. The van der Waals surface area contributed by atoms with Crippen LogP contribution in [0.25, 0.3) is 0 Å². The monoisotopic (exact) mass is 336 g/mol. The van der Waals surface area contributed by atoms with Gasteiger partial charge in [-0.2, -0.15) is 0 Å². The van der Waals surface area contributed by atoms with Gasteiger partial charge in [0.15, 0.2) is 5.78 Å². The maximum Gasteiger partial charge on any atom is 0.228 e. The van der Waals surface area contributed by atoms with Gasteiger partial charge in [0, 0.05) is 30.4 Å². The number of carbonyl (C=O) groups excluding carboxylic acids is 3. The fraction of sp³-hybridized carbons (Fsp3) is 0.250. The Hall–Kier alpha value is -2.95. The fourth-order valence-corrected chi connectivity index (χ4v) is 3.00. The molecule has 0 fully saturated rings. The lowest BCUT2D eigenvalue weighted by molar-refractivity contribution is -0.118. The Labute approximate surface area is 146 Å². The van der Waals surface area contributed by atoms with E-state index in [4.69, 9.17) is 0 Å². The van der Waals surface area contributed by atoms with E-state index in [0.29, 0.717) is 24.1 Å². The molecular weight excluding hydrogens is 316 g/mol. The Balaban J connectivity index is 1.67. The minimum absolute atomic E-state index is 0.00427. The number of benzene rings is 2. The maximum absolute atomic E-state index is 12.2. The number of nitrogens with one attached hydrogen (secondary N) is 1. The molecule has 0 spiro atoms. The van der Waals surface area contributed by atoms with Gasteiger partial charge in [-0.1, -0.05) is 12.1 Å². The predicted molar refractivity (Wildman–Crippen MR) is 97.0 cm³/mol. The third-order valence-electron chi connectivity index (χ3n) is 4.43. The number of Topliss-reactive ketones (excluding diaryl/α,β-unsaturated/α-hetero) is 1. The second kappa shape index (κ2) is 6.89. The third-order valence-corrected chi connectivity index (χ3v) is 4.43. The zero-order valence-corrected chi connectivity index (χ0v) is 14.3. The van der Waals surface area contributed by atoms with Crippen molar-refractivity contribution in [1.82, 2.24) is 0 Å². The molecule has 2 amide bonds. The molecule has 25 heavy (non-hydrogen) atoms. The number of hydrogen-bond acceptors (Lipinski definition) is 3. The smallest absolute Gasteiger partial charge is 0.228 e. The molecule has 0 atom stereocenters. The largest absolute Gasteiger partial charge is 0.326 e. The summed E-state index contributed by atoms with van der Waals surface area (Å²) in [5.74, 6) is -0.00171. The van der Waals surface area contributed by atoms with Crippen LogP contribution in [-0.2, 0) is 22.4 Å². The number of ketones is 1. The van der Waals surface area contributed by atoms with Crippen molar-refractivity contribution >= 4 is 29.0 Å². The number of aryl methyl sites for hydroxylation is 1. The van der Waals surface area contributed by atoms with Crippen LogP contribution in [0.15, 0.2) is 42.5 Å². The summed E-state index contributed by atoms with van der Waals surface area (Å²) >= 11 is 0. The summed E-state index contributed by atoms with van der Waals surface area (Å²) in [4.78, 5) is 36.9. The molecule has 0 radical (unpaired) electrons. The quantitative estimate of drug-likeness (QED) is 0.873. The SMILES string of the molecule is CC(=O)c1ccc(NC(=O)Cc2ccc3c(c2)CCC(=O)N3C)cc1. The van der Waals surface area contributed by atoms with E-state index in [0.717, 1.165) is 16.8 Å². The Kier molecular flexibility index (Phi) is 4.65. The number of nitrogens with zero attached hydrogens (tertiary/aromatic N) is 1. The van der Waals surface area contributed by atoms with Crippen LogP contribution in [0, 0.1) is 0 Å². The summed E-state index contributed by atoms with van der Waals surface area (Å²) in [5, 5.41) is 2.84. The molecule has 0 aliphatic carbocycles. The van der Waals surface area contributed by atoms with Crippen LogP contribution in [0.1, 0.15) is 34.8 Å². The molecular formula is C20H20N2O3. The van der Waals surface area contributed by atoms with E-state index >= 15 is 0 Å². The number of carbonyl (C=O) groups is 3. The van der Waals surface area contributed by atoms with Crippen LogP contribution in [0.4, 0.5) is 11.4 Å². The summed E-state index contributed by atoms with van der Waals surface area (Å²) < 4.78 is 0. The topological polar surface area (TPSA) is 66.5 Å². The van der Waals surface area contributed by atoms with Crippen LogP contribution >= 0.6 is 0 Å². The fourth-order valence-electron chi connectivity index (χ4n) is 3.00. The highest BCUT2D eigenvalue weighted by Gasteiger charge is 2.21. The van der Waals surface area contributed by atoms with Crippen molar-refractivity contribution in [3.05, 3.63) is 59.2 Å². The highest BCUT2D eigenvalue weighted by Crippen LogP contribution is 2.27.